The number of hydrogen-bond acceptors (Lipinski definition) is 5. The highest BCUT2D eigenvalue weighted by Gasteiger charge is 2.25. The van der Waals surface area contributed by atoms with Crippen molar-refractivity contribution >= 4 is 74.4 Å². The minimum Gasteiger partial charge on any atom is -0.342 e. The van der Waals surface area contributed by atoms with Crippen LogP contribution < -0.4 is 5.32 Å². The van der Waals surface area contributed by atoms with Crippen molar-refractivity contribution in [1.82, 2.24) is 9.88 Å². The average Bonchev–Trinajstić information content (AvgIpc) is 3.37. The Kier molecular flexibility index (Phi) is 6.34. The number of nitro benzene ring substituents is 1. The van der Waals surface area contributed by atoms with Crippen LogP contribution in [0.3, 0.4) is 0 Å². The van der Waals surface area contributed by atoms with Gasteiger partial charge in [-0.2, -0.15) is 0 Å². The smallest absolute Gasteiger partial charge is 0.269 e. The standard InChI is InChI=1S/C25H16Cl2N4O3S/c26-19-5-3-6-20(23(19)27)28-25-29-24(32)22(35-25)12-16-14-30(21-7-2-1-4-18(16)21)13-15-8-10-17(11-9-15)31(33)34/h1-12,14H,13H2,(H,28,29,32)/b22-12+. The monoisotopic (exact) mass is 522 g/mol. The average molecular weight is 523 g/mol. The fraction of sp³-hybridized carbons (Fsp3) is 0.0400. The van der Waals surface area contributed by atoms with Crippen molar-refractivity contribution in [2.24, 2.45) is 4.99 Å². The van der Waals surface area contributed by atoms with Crippen LogP contribution in [-0.2, 0) is 11.3 Å². The molecule has 1 aliphatic rings. The van der Waals surface area contributed by atoms with Gasteiger partial charge < -0.3 is 9.88 Å². The van der Waals surface area contributed by atoms with Gasteiger partial charge in [-0.1, -0.05) is 59.6 Å². The molecule has 7 nitrogen and oxygen atoms in total. The van der Waals surface area contributed by atoms with Crippen molar-refractivity contribution in [2.45, 2.75) is 6.54 Å². The predicted octanol–water partition coefficient (Wildman–Crippen LogP) is 6.80. The first-order valence-corrected chi connectivity index (χ1v) is 12.0. The number of aromatic nitrogens is 1. The summed E-state index contributed by atoms with van der Waals surface area (Å²) in [6, 6.07) is 19.5. The molecule has 35 heavy (non-hydrogen) atoms. The number of amides is 1. The number of benzene rings is 3. The van der Waals surface area contributed by atoms with Crippen molar-refractivity contribution in [3.8, 4) is 0 Å². The molecule has 3 aromatic carbocycles. The quantitative estimate of drug-likeness (QED) is 0.177. The van der Waals surface area contributed by atoms with E-state index >= 15 is 0 Å². The fourth-order valence-corrected chi connectivity index (χ4v) is 4.91. The lowest BCUT2D eigenvalue weighted by molar-refractivity contribution is -0.384. The number of nitrogens with one attached hydrogen (secondary N) is 1. The van der Waals surface area contributed by atoms with Crippen LogP contribution in [0.25, 0.3) is 17.0 Å². The third kappa shape index (κ3) is 4.81. The molecule has 0 atom stereocenters. The zero-order valence-corrected chi connectivity index (χ0v) is 20.3. The van der Waals surface area contributed by atoms with Gasteiger partial charge in [-0.3, -0.25) is 14.9 Å². The summed E-state index contributed by atoms with van der Waals surface area (Å²) in [6.07, 6.45) is 3.80. The largest absolute Gasteiger partial charge is 0.342 e. The highest BCUT2D eigenvalue weighted by atomic mass is 35.5. The van der Waals surface area contributed by atoms with Gasteiger partial charge in [0.1, 0.15) is 0 Å². The van der Waals surface area contributed by atoms with Crippen LogP contribution in [0.4, 0.5) is 11.4 Å². The summed E-state index contributed by atoms with van der Waals surface area (Å²) >= 11 is 13.5. The highest BCUT2D eigenvalue weighted by Crippen LogP contribution is 2.35. The number of hydrogen-bond donors (Lipinski definition) is 1. The number of thioether (sulfide) groups is 1. The second kappa shape index (κ2) is 9.58. The topological polar surface area (TPSA) is 89.5 Å². The maximum Gasteiger partial charge on any atom is 0.269 e. The van der Waals surface area contributed by atoms with Crippen molar-refractivity contribution < 1.29 is 9.72 Å². The van der Waals surface area contributed by atoms with E-state index in [0.717, 1.165) is 22.0 Å². The van der Waals surface area contributed by atoms with Gasteiger partial charge in [0.25, 0.3) is 11.6 Å². The number of carbonyl (C=O) groups is 1. The molecule has 1 aromatic heterocycles. The molecule has 1 N–H and O–H groups in total. The van der Waals surface area contributed by atoms with Crippen molar-refractivity contribution in [3.63, 3.8) is 0 Å². The Bertz CT molecular complexity index is 1540. The van der Waals surface area contributed by atoms with Gasteiger partial charge in [0, 0.05) is 41.3 Å². The zero-order chi connectivity index (χ0) is 24.5. The molecule has 1 aliphatic heterocycles. The predicted molar refractivity (Wildman–Crippen MR) is 141 cm³/mol. The highest BCUT2D eigenvalue weighted by molar-refractivity contribution is 8.18. The molecule has 1 amide bonds. The van der Waals surface area contributed by atoms with Crippen LogP contribution in [0, 0.1) is 10.1 Å². The van der Waals surface area contributed by atoms with E-state index in [4.69, 9.17) is 23.2 Å². The molecule has 10 heteroatoms. The molecule has 0 unspecified atom stereocenters. The Morgan fingerprint density at radius 2 is 1.83 bits per heavy atom. The second-order valence-electron chi connectivity index (χ2n) is 7.71. The first kappa shape index (κ1) is 23.2. The van der Waals surface area contributed by atoms with E-state index in [0.29, 0.717) is 32.4 Å². The molecule has 0 bridgehead atoms. The van der Waals surface area contributed by atoms with E-state index in [-0.39, 0.29) is 11.6 Å². The number of para-hydroxylation sites is 1. The van der Waals surface area contributed by atoms with E-state index in [1.165, 1.54) is 23.9 Å². The van der Waals surface area contributed by atoms with Crippen LogP contribution in [0.1, 0.15) is 11.1 Å². The SMILES string of the molecule is O=C1NC(=Nc2cccc(Cl)c2Cl)S/C1=C/c1cn(Cc2ccc([N+](=O)[O-])cc2)c2ccccc12. The molecule has 2 heterocycles. The third-order valence-corrected chi connectivity index (χ3v) is 7.13. The molecule has 0 saturated carbocycles. The van der Waals surface area contributed by atoms with Crippen LogP contribution in [0.15, 0.2) is 82.8 Å². The molecule has 0 aliphatic carbocycles. The lowest BCUT2D eigenvalue weighted by Gasteiger charge is -2.05. The number of nitro groups is 1. The van der Waals surface area contributed by atoms with Gasteiger partial charge in [0.15, 0.2) is 5.17 Å². The Hall–Kier alpha value is -3.59. The summed E-state index contributed by atoms with van der Waals surface area (Å²) in [6.45, 7) is 0.529. The van der Waals surface area contributed by atoms with Gasteiger partial charge in [0.05, 0.1) is 25.6 Å². The Morgan fingerprint density at radius 3 is 2.60 bits per heavy atom. The van der Waals surface area contributed by atoms with E-state index in [1.54, 1.807) is 30.3 Å². The number of rotatable bonds is 5. The lowest BCUT2D eigenvalue weighted by Crippen LogP contribution is -2.19. The van der Waals surface area contributed by atoms with Gasteiger partial charge >= 0.3 is 0 Å². The summed E-state index contributed by atoms with van der Waals surface area (Å²) in [7, 11) is 0. The maximum atomic E-state index is 12.7. The van der Waals surface area contributed by atoms with Gasteiger partial charge in [0.2, 0.25) is 0 Å². The van der Waals surface area contributed by atoms with Crippen molar-refractivity contribution in [3.05, 3.63) is 109 Å². The Balaban J connectivity index is 1.45. The number of halogens is 2. The second-order valence-corrected chi connectivity index (χ2v) is 9.52. The van der Waals surface area contributed by atoms with Crippen molar-refractivity contribution in [2.75, 3.05) is 0 Å². The molecule has 174 valence electrons. The molecule has 0 radical (unpaired) electrons. The number of amidine groups is 1. The number of carbonyl (C=O) groups excluding carboxylic acids is 1. The van der Waals surface area contributed by atoms with Crippen LogP contribution in [0.5, 0.6) is 0 Å². The number of aliphatic imine (C=N–C) groups is 1. The molecule has 0 spiro atoms. The van der Waals surface area contributed by atoms with E-state index in [1.807, 2.05) is 36.5 Å². The van der Waals surface area contributed by atoms with Crippen molar-refractivity contribution in [1.29, 1.82) is 0 Å². The van der Waals surface area contributed by atoms with E-state index < -0.39 is 4.92 Å². The summed E-state index contributed by atoms with van der Waals surface area (Å²) in [5, 5.41) is 15.8. The summed E-state index contributed by atoms with van der Waals surface area (Å²) in [5.41, 5.74) is 3.32. The summed E-state index contributed by atoms with van der Waals surface area (Å²) in [4.78, 5) is 28.1. The van der Waals surface area contributed by atoms with Gasteiger partial charge in [-0.05, 0) is 41.6 Å². The van der Waals surface area contributed by atoms with Crippen LogP contribution in [0.2, 0.25) is 10.0 Å². The molecule has 5 rings (SSSR count). The molecular formula is C25H16Cl2N4O3S. The van der Waals surface area contributed by atoms with Crippen LogP contribution in [-0.4, -0.2) is 20.6 Å². The van der Waals surface area contributed by atoms with Gasteiger partial charge in [-0.25, -0.2) is 4.99 Å². The molecule has 1 fully saturated rings. The molecule has 1 saturated heterocycles. The first-order valence-electron chi connectivity index (χ1n) is 10.4. The summed E-state index contributed by atoms with van der Waals surface area (Å²) < 4.78 is 2.06. The number of nitrogens with zero attached hydrogens (tertiary/aromatic N) is 3. The summed E-state index contributed by atoms with van der Waals surface area (Å²) in [5.74, 6) is -0.251. The molecular weight excluding hydrogens is 507 g/mol. The first-order chi connectivity index (χ1) is 16.9. The minimum absolute atomic E-state index is 0.0531. The minimum atomic E-state index is -0.415. The maximum absolute atomic E-state index is 12.7. The van der Waals surface area contributed by atoms with Crippen LogP contribution >= 0.6 is 35.0 Å². The Labute approximate surface area is 214 Å². The van der Waals surface area contributed by atoms with E-state index in [2.05, 4.69) is 14.9 Å². The normalized spacial score (nSPS) is 15.8. The Morgan fingerprint density at radius 1 is 1.06 bits per heavy atom. The molecule has 4 aromatic rings. The fourth-order valence-electron chi connectivity index (χ4n) is 3.75. The third-order valence-electron chi connectivity index (χ3n) is 5.41. The number of non-ortho nitro benzene ring substituents is 1. The number of fused-ring (bicyclic) bond motifs is 1. The zero-order valence-electron chi connectivity index (χ0n) is 17.9. The lowest BCUT2D eigenvalue weighted by atomic mass is 10.1. The van der Waals surface area contributed by atoms with Gasteiger partial charge in [-0.15, -0.1) is 0 Å². The van der Waals surface area contributed by atoms with E-state index in [9.17, 15) is 14.9 Å².